The summed E-state index contributed by atoms with van der Waals surface area (Å²) < 4.78 is 5.08. The maximum atomic E-state index is 5.64. The fourth-order valence-corrected chi connectivity index (χ4v) is 2.15. The Morgan fingerprint density at radius 2 is 1.94 bits per heavy atom. The van der Waals surface area contributed by atoms with Crippen LogP contribution in [0.2, 0.25) is 0 Å². The Bertz CT molecular complexity index is 504. The molecule has 2 N–H and O–H groups in total. The number of ether oxygens (including phenoxy) is 1. The molecule has 17 heavy (non-hydrogen) atoms. The zero-order valence-corrected chi connectivity index (χ0v) is 11.2. The van der Waals surface area contributed by atoms with Crippen LogP contribution < -0.4 is 10.5 Å². The van der Waals surface area contributed by atoms with Crippen molar-refractivity contribution < 1.29 is 4.74 Å². The summed E-state index contributed by atoms with van der Waals surface area (Å²) >= 11 is 2.58. The van der Waals surface area contributed by atoms with Gasteiger partial charge in [0.25, 0.3) is 0 Å². The van der Waals surface area contributed by atoms with E-state index in [9.17, 15) is 0 Å². The minimum absolute atomic E-state index is 0.0999. The van der Waals surface area contributed by atoms with E-state index in [1.807, 2.05) is 30.3 Å². The van der Waals surface area contributed by atoms with E-state index in [0.29, 0.717) is 5.88 Å². The molecule has 0 bridgehead atoms. The van der Waals surface area contributed by atoms with Crippen molar-refractivity contribution in [1.82, 2.24) is 9.97 Å². The van der Waals surface area contributed by atoms with Crippen molar-refractivity contribution >= 4 is 22.0 Å². The van der Waals surface area contributed by atoms with Crippen molar-refractivity contribution in [3.05, 3.63) is 47.7 Å². The molecule has 2 aromatic rings. The second kappa shape index (κ2) is 5.17. The minimum atomic E-state index is 0.0999. The van der Waals surface area contributed by atoms with Crippen molar-refractivity contribution in [2.24, 2.45) is 0 Å². The van der Waals surface area contributed by atoms with E-state index in [2.05, 4.69) is 26.0 Å². The zero-order chi connectivity index (χ0) is 12.3. The monoisotopic (exact) mass is 295 g/mol. The third-order valence-electron chi connectivity index (χ3n) is 2.34. The molecule has 1 heterocycles. The van der Waals surface area contributed by atoms with Crippen LogP contribution in [-0.4, -0.2) is 33.1 Å². The molecular formula is C12H13N3OSe. The van der Waals surface area contributed by atoms with E-state index < -0.39 is 0 Å². The molecule has 0 aliphatic heterocycles. The van der Waals surface area contributed by atoms with Crippen LogP contribution in [0.5, 0.6) is 5.88 Å². The van der Waals surface area contributed by atoms with Crippen LogP contribution in [0.1, 0.15) is 16.1 Å². The van der Waals surface area contributed by atoms with Crippen molar-refractivity contribution in [3.8, 4) is 5.88 Å². The maximum absolute atomic E-state index is 5.64. The number of hydrogen-bond donors (Lipinski definition) is 1. The van der Waals surface area contributed by atoms with E-state index in [4.69, 9.17) is 10.5 Å². The van der Waals surface area contributed by atoms with Crippen molar-refractivity contribution in [1.29, 1.82) is 0 Å². The summed E-state index contributed by atoms with van der Waals surface area (Å²) in [5.74, 6) is 0.714. The molecular weight excluding hydrogens is 281 g/mol. The van der Waals surface area contributed by atoms with Gasteiger partial charge in [0, 0.05) is 0 Å². The van der Waals surface area contributed by atoms with Gasteiger partial charge in [0.2, 0.25) is 0 Å². The normalized spacial score (nSPS) is 12.1. The Morgan fingerprint density at radius 1 is 1.24 bits per heavy atom. The predicted molar refractivity (Wildman–Crippen MR) is 68.4 cm³/mol. The van der Waals surface area contributed by atoms with E-state index >= 15 is 0 Å². The fraction of sp³-hybridized carbons (Fsp3) is 0.167. The molecule has 1 atom stereocenters. The van der Waals surface area contributed by atoms with Crippen LogP contribution in [0.25, 0.3) is 0 Å². The first kappa shape index (κ1) is 11.9. The number of methoxy groups -OCH3 is 1. The third-order valence-corrected chi connectivity index (χ3v) is 3.52. The van der Waals surface area contributed by atoms with E-state index in [-0.39, 0.29) is 10.8 Å². The number of benzene rings is 1. The topological polar surface area (TPSA) is 61.0 Å². The van der Waals surface area contributed by atoms with Gasteiger partial charge in [-0.15, -0.1) is 0 Å². The average molecular weight is 294 g/mol. The van der Waals surface area contributed by atoms with Gasteiger partial charge in [0.1, 0.15) is 0 Å². The Kier molecular flexibility index (Phi) is 3.61. The molecule has 0 fully saturated rings. The molecule has 1 unspecified atom stereocenters. The van der Waals surface area contributed by atoms with Crippen LogP contribution in [0.4, 0.5) is 5.95 Å². The Morgan fingerprint density at radius 3 is 2.59 bits per heavy atom. The fourth-order valence-electron chi connectivity index (χ4n) is 1.51. The van der Waals surface area contributed by atoms with Crippen LogP contribution in [0, 0.1) is 0 Å². The Balaban J connectivity index is 2.37. The predicted octanol–water partition coefficient (Wildman–Crippen LogP) is 1.06. The number of anilines is 1. The number of nitrogen functional groups attached to an aromatic ring is 1. The number of rotatable bonds is 3. The van der Waals surface area contributed by atoms with Crippen molar-refractivity contribution in [2.45, 2.75) is 4.82 Å². The molecule has 0 aliphatic rings. The molecule has 1 aromatic carbocycles. The summed E-state index contributed by atoms with van der Waals surface area (Å²) in [5.41, 5.74) is 7.64. The summed E-state index contributed by atoms with van der Waals surface area (Å²) in [7, 11) is 1.56. The first-order chi connectivity index (χ1) is 8.20. The first-order valence-corrected chi connectivity index (χ1v) is 6.20. The van der Waals surface area contributed by atoms with Gasteiger partial charge in [0.05, 0.1) is 0 Å². The van der Waals surface area contributed by atoms with Gasteiger partial charge in [-0.2, -0.15) is 0 Å². The van der Waals surface area contributed by atoms with Crippen molar-refractivity contribution in [3.63, 3.8) is 0 Å². The Labute approximate surface area is 108 Å². The van der Waals surface area contributed by atoms with Crippen molar-refractivity contribution in [2.75, 3.05) is 12.8 Å². The molecule has 0 spiro atoms. The number of hydrogen-bond acceptors (Lipinski definition) is 4. The molecule has 4 nitrogen and oxygen atoms in total. The molecule has 0 amide bonds. The van der Waals surface area contributed by atoms with Gasteiger partial charge in [0.15, 0.2) is 0 Å². The number of nitrogens with zero attached hydrogens (tertiary/aromatic N) is 2. The SMILES string of the molecule is COc1cc(C([SeH])c2ccccc2)nc(N)n1. The summed E-state index contributed by atoms with van der Waals surface area (Å²) in [6, 6.07) is 11.9. The van der Waals surface area contributed by atoms with Crippen LogP contribution in [-0.2, 0) is 0 Å². The van der Waals surface area contributed by atoms with E-state index in [1.54, 1.807) is 13.2 Å². The van der Waals surface area contributed by atoms with E-state index in [0.717, 1.165) is 11.3 Å². The van der Waals surface area contributed by atoms with Crippen LogP contribution >= 0.6 is 0 Å². The average Bonchev–Trinajstić information content (AvgIpc) is 2.38. The molecule has 0 aliphatic carbocycles. The quantitative estimate of drug-likeness (QED) is 0.860. The zero-order valence-electron chi connectivity index (χ0n) is 9.37. The summed E-state index contributed by atoms with van der Waals surface area (Å²) in [6.07, 6.45) is 0. The van der Waals surface area contributed by atoms with Gasteiger partial charge < -0.3 is 0 Å². The Hall–Kier alpha value is -1.58. The standard InChI is InChI=1S/C12H13N3OSe/c1-16-10-7-9(14-12(13)15-10)11(17)8-5-3-2-4-6-8/h2-7,11,17H,1H3,(H2,13,14,15). The molecule has 0 radical (unpaired) electrons. The van der Waals surface area contributed by atoms with Crippen LogP contribution in [0.15, 0.2) is 36.4 Å². The third kappa shape index (κ3) is 2.75. The number of aromatic nitrogens is 2. The molecule has 88 valence electrons. The molecule has 0 saturated carbocycles. The second-order valence-corrected chi connectivity index (χ2v) is 4.59. The molecule has 0 saturated heterocycles. The van der Waals surface area contributed by atoms with Crippen LogP contribution in [0.3, 0.4) is 0 Å². The molecule has 2 rings (SSSR count). The summed E-state index contributed by atoms with van der Waals surface area (Å²) in [5, 5.41) is 0. The first-order valence-electron chi connectivity index (χ1n) is 5.12. The second-order valence-electron chi connectivity index (χ2n) is 3.51. The van der Waals surface area contributed by atoms with Gasteiger partial charge in [-0.3, -0.25) is 0 Å². The van der Waals surface area contributed by atoms with Gasteiger partial charge in [-0.25, -0.2) is 0 Å². The van der Waals surface area contributed by atoms with E-state index in [1.165, 1.54) is 0 Å². The number of nitrogens with two attached hydrogens (primary N) is 1. The van der Waals surface area contributed by atoms with Gasteiger partial charge in [-0.1, -0.05) is 0 Å². The van der Waals surface area contributed by atoms with Gasteiger partial charge in [-0.05, 0) is 0 Å². The van der Waals surface area contributed by atoms with Gasteiger partial charge >= 0.3 is 108 Å². The molecule has 5 heteroatoms. The summed E-state index contributed by atoms with van der Waals surface area (Å²) in [4.78, 5) is 8.29. The molecule has 1 aromatic heterocycles. The summed E-state index contributed by atoms with van der Waals surface area (Å²) in [6.45, 7) is 0.